The van der Waals surface area contributed by atoms with Gasteiger partial charge < -0.3 is 14.8 Å². The van der Waals surface area contributed by atoms with Crippen molar-refractivity contribution in [2.24, 2.45) is 0 Å². The molecule has 0 saturated carbocycles. The van der Waals surface area contributed by atoms with Crippen molar-refractivity contribution in [3.05, 3.63) is 99.0 Å². The van der Waals surface area contributed by atoms with Crippen LogP contribution in [-0.2, 0) is 19.4 Å². The van der Waals surface area contributed by atoms with E-state index in [4.69, 9.17) is 9.84 Å². The molecule has 0 unspecified atom stereocenters. The van der Waals surface area contributed by atoms with E-state index in [9.17, 15) is 14.9 Å². The van der Waals surface area contributed by atoms with Crippen molar-refractivity contribution in [2.45, 2.75) is 19.4 Å². The fraction of sp³-hybridized carbons (Fsp3) is 0.136. The van der Waals surface area contributed by atoms with Gasteiger partial charge in [0.2, 0.25) is 0 Å². The van der Waals surface area contributed by atoms with Crippen LogP contribution in [0.25, 0.3) is 0 Å². The zero-order chi connectivity index (χ0) is 19.9. The van der Waals surface area contributed by atoms with Gasteiger partial charge in [-0.05, 0) is 54.3 Å². The molecule has 0 fully saturated rings. The van der Waals surface area contributed by atoms with E-state index >= 15 is 0 Å². The maximum Gasteiger partial charge on any atom is 0.341 e. The highest BCUT2D eigenvalue weighted by Crippen LogP contribution is 2.23. The quantitative estimate of drug-likeness (QED) is 0.660. The lowest BCUT2D eigenvalue weighted by Gasteiger charge is -2.12. The number of benzene rings is 2. The van der Waals surface area contributed by atoms with Crippen LogP contribution in [0.4, 0.5) is 0 Å². The van der Waals surface area contributed by atoms with Gasteiger partial charge in [-0.2, -0.15) is 5.26 Å². The van der Waals surface area contributed by atoms with Crippen LogP contribution in [0.15, 0.2) is 65.5 Å². The van der Waals surface area contributed by atoms with Crippen molar-refractivity contribution in [1.82, 2.24) is 4.98 Å². The molecule has 1 heterocycles. The summed E-state index contributed by atoms with van der Waals surface area (Å²) in [6.07, 6.45) is 1.01. The standard InChI is InChI=1S/C22H18N2O4/c23-13-16-6-11-20(28-14-15-4-2-1-3-5-15)17(12-16)7-8-18-9-10-19(22(26)27)21(25)24-18/h1-6,9-12H,7-8,14H2,(H,24,25)(H,26,27). The molecule has 3 rings (SSSR count). The fourth-order valence-corrected chi connectivity index (χ4v) is 2.82. The number of nitrogens with one attached hydrogen (secondary N) is 1. The molecule has 0 bridgehead atoms. The molecule has 0 saturated heterocycles. The Bertz CT molecular complexity index is 1080. The number of aromatic nitrogens is 1. The second-order valence-corrected chi connectivity index (χ2v) is 6.24. The number of nitriles is 1. The highest BCUT2D eigenvalue weighted by atomic mass is 16.5. The van der Waals surface area contributed by atoms with E-state index in [1.165, 1.54) is 6.07 Å². The molecule has 0 atom stereocenters. The van der Waals surface area contributed by atoms with Crippen molar-refractivity contribution in [1.29, 1.82) is 5.26 Å². The second kappa shape index (κ2) is 8.69. The highest BCUT2D eigenvalue weighted by Gasteiger charge is 2.10. The van der Waals surface area contributed by atoms with Gasteiger partial charge in [-0.15, -0.1) is 0 Å². The number of aromatic amines is 1. The van der Waals surface area contributed by atoms with Crippen LogP contribution in [0.2, 0.25) is 0 Å². The monoisotopic (exact) mass is 374 g/mol. The molecular weight excluding hydrogens is 356 g/mol. The van der Waals surface area contributed by atoms with Crippen LogP contribution in [-0.4, -0.2) is 16.1 Å². The van der Waals surface area contributed by atoms with E-state index in [0.29, 0.717) is 36.5 Å². The van der Waals surface area contributed by atoms with Crippen LogP contribution in [0, 0.1) is 11.3 Å². The van der Waals surface area contributed by atoms with Gasteiger partial charge in [0, 0.05) is 5.69 Å². The topological polar surface area (TPSA) is 103 Å². The van der Waals surface area contributed by atoms with Gasteiger partial charge in [-0.25, -0.2) is 4.79 Å². The number of pyridine rings is 1. The maximum atomic E-state index is 11.8. The smallest absolute Gasteiger partial charge is 0.341 e. The number of aromatic carboxylic acids is 1. The average molecular weight is 374 g/mol. The molecule has 0 spiro atoms. The van der Waals surface area contributed by atoms with Crippen molar-refractivity contribution in [3.63, 3.8) is 0 Å². The number of hydrogen-bond donors (Lipinski definition) is 2. The number of H-pyrrole nitrogens is 1. The minimum absolute atomic E-state index is 0.290. The number of carbonyl (C=O) groups is 1. The Morgan fingerprint density at radius 1 is 1.07 bits per heavy atom. The van der Waals surface area contributed by atoms with E-state index in [1.54, 1.807) is 24.3 Å². The number of hydrogen-bond acceptors (Lipinski definition) is 4. The molecular formula is C22H18N2O4. The number of ether oxygens (including phenoxy) is 1. The van der Waals surface area contributed by atoms with E-state index < -0.39 is 11.5 Å². The van der Waals surface area contributed by atoms with Gasteiger partial charge in [-0.1, -0.05) is 30.3 Å². The highest BCUT2D eigenvalue weighted by molar-refractivity contribution is 5.86. The minimum Gasteiger partial charge on any atom is -0.489 e. The first-order valence-electron chi connectivity index (χ1n) is 8.72. The number of carboxylic acid groups (broad SMARTS) is 1. The predicted octanol–water partition coefficient (Wildman–Crippen LogP) is 3.31. The first-order chi connectivity index (χ1) is 13.6. The predicted molar refractivity (Wildman–Crippen MR) is 103 cm³/mol. The van der Waals surface area contributed by atoms with Crippen LogP contribution < -0.4 is 10.3 Å². The molecule has 6 nitrogen and oxygen atoms in total. The Labute approximate surface area is 161 Å². The van der Waals surface area contributed by atoms with Crippen LogP contribution in [0.5, 0.6) is 5.75 Å². The average Bonchev–Trinajstić information content (AvgIpc) is 2.71. The molecule has 6 heteroatoms. The molecule has 2 N–H and O–H groups in total. The van der Waals surface area contributed by atoms with E-state index in [2.05, 4.69) is 11.1 Å². The molecule has 28 heavy (non-hydrogen) atoms. The summed E-state index contributed by atoms with van der Waals surface area (Å²) in [5.74, 6) is -0.585. The first-order valence-corrected chi connectivity index (χ1v) is 8.72. The lowest BCUT2D eigenvalue weighted by Crippen LogP contribution is -2.18. The zero-order valence-electron chi connectivity index (χ0n) is 15.0. The summed E-state index contributed by atoms with van der Waals surface area (Å²) in [5, 5.41) is 18.1. The van der Waals surface area contributed by atoms with Gasteiger partial charge in [0.1, 0.15) is 17.9 Å². The van der Waals surface area contributed by atoms with Crippen molar-refractivity contribution in [2.75, 3.05) is 0 Å². The van der Waals surface area contributed by atoms with Crippen LogP contribution in [0.3, 0.4) is 0 Å². The maximum absolute atomic E-state index is 11.8. The van der Waals surface area contributed by atoms with Crippen LogP contribution in [0.1, 0.15) is 32.7 Å². The zero-order valence-corrected chi connectivity index (χ0v) is 15.0. The lowest BCUT2D eigenvalue weighted by atomic mass is 10.0. The summed E-state index contributed by atoms with van der Waals surface area (Å²) < 4.78 is 5.93. The molecule has 1 aromatic heterocycles. The molecule has 2 aromatic carbocycles. The van der Waals surface area contributed by atoms with E-state index in [-0.39, 0.29) is 5.56 Å². The molecule has 0 radical (unpaired) electrons. The molecule has 0 aliphatic heterocycles. The number of rotatable bonds is 7. The summed E-state index contributed by atoms with van der Waals surface area (Å²) in [5.41, 5.74) is 2.10. The second-order valence-electron chi connectivity index (χ2n) is 6.24. The van der Waals surface area contributed by atoms with Gasteiger partial charge in [0.05, 0.1) is 11.6 Å². The summed E-state index contributed by atoms with van der Waals surface area (Å²) >= 11 is 0. The minimum atomic E-state index is -1.26. The van der Waals surface area contributed by atoms with Gasteiger partial charge in [0.15, 0.2) is 0 Å². The number of aryl methyl sites for hydroxylation is 2. The van der Waals surface area contributed by atoms with Gasteiger partial charge in [0.25, 0.3) is 5.56 Å². The molecule has 3 aromatic rings. The summed E-state index contributed by atoms with van der Waals surface area (Å²) in [4.78, 5) is 25.4. The molecule has 0 aliphatic carbocycles. The Morgan fingerprint density at radius 2 is 1.86 bits per heavy atom. The normalized spacial score (nSPS) is 10.2. The third-order valence-electron chi connectivity index (χ3n) is 4.29. The number of carboxylic acids is 1. The number of nitrogens with zero attached hydrogens (tertiary/aromatic N) is 1. The Kier molecular flexibility index (Phi) is 5.87. The Balaban J connectivity index is 1.76. The lowest BCUT2D eigenvalue weighted by molar-refractivity contribution is 0.0695. The molecule has 140 valence electrons. The summed E-state index contributed by atoms with van der Waals surface area (Å²) in [6, 6.07) is 20.0. The Hall–Kier alpha value is -3.85. The summed E-state index contributed by atoms with van der Waals surface area (Å²) in [6.45, 7) is 0.407. The Morgan fingerprint density at radius 3 is 2.54 bits per heavy atom. The van der Waals surface area contributed by atoms with Gasteiger partial charge in [-0.3, -0.25) is 4.79 Å². The first kappa shape index (κ1) is 18.9. The van der Waals surface area contributed by atoms with Crippen molar-refractivity contribution < 1.29 is 14.6 Å². The van der Waals surface area contributed by atoms with Crippen LogP contribution >= 0.6 is 0 Å². The van der Waals surface area contributed by atoms with E-state index in [1.807, 2.05) is 30.3 Å². The SMILES string of the molecule is N#Cc1ccc(OCc2ccccc2)c(CCc2ccc(C(=O)O)c(=O)[nH]2)c1. The largest absolute Gasteiger partial charge is 0.489 e. The third-order valence-corrected chi connectivity index (χ3v) is 4.29. The fourth-order valence-electron chi connectivity index (χ4n) is 2.82. The van der Waals surface area contributed by atoms with E-state index in [0.717, 1.165) is 11.1 Å². The molecule has 0 aliphatic rings. The summed E-state index contributed by atoms with van der Waals surface area (Å²) in [7, 11) is 0. The van der Waals surface area contributed by atoms with Crippen molar-refractivity contribution in [3.8, 4) is 11.8 Å². The molecule has 0 amide bonds. The van der Waals surface area contributed by atoms with Gasteiger partial charge >= 0.3 is 5.97 Å². The third kappa shape index (κ3) is 4.65. The van der Waals surface area contributed by atoms with Crippen molar-refractivity contribution >= 4 is 5.97 Å².